The normalized spacial score (nSPS) is 31.0. The fourth-order valence-electron chi connectivity index (χ4n) is 3.45. The maximum Gasteiger partial charge on any atom is 0.0698 e. The Hall–Kier alpha value is -0.0800. The van der Waals surface area contributed by atoms with Crippen molar-refractivity contribution in [3.05, 3.63) is 0 Å². The summed E-state index contributed by atoms with van der Waals surface area (Å²) in [5, 5.41) is 3.52. The Morgan fingerprint density at radius 2 is 2.00 bits per heavy atom. The maximum absolute atomic E-state index is 6.53. The first-order valence-electron chi connectivity index (χ1n) is 8.13. The van der Waals surface area contributed by atoms with Crippen LogP contribution in [0.25, 0.3) is 0 Å². The highest BCUT2D eigenvalue weighted by Gasteiger charge is 2.40. The predicted octanol–water partition coefficient (Wildman–Crippen LogP) is 3.89. The maximum atomic E-state index is 6.53. The molecule has 2 heteroatoms. The first-order valence-corrected chi connectivity index (χ1v) is 8.13. The molecule has 2 aliphatic carbocycles. The monoisotopic (exact) mass is 253 g/mol. The number of hydrogen-bond acceptors (Lipinski definition) is 2. The van der Waals surface area contributed by atoms with Gasteiger partial charge < -0.3 is 10.1 Å². The van der Waals surface area contributed by atoms with E-state index in [9.17, 15) is 0 Å². The van der Waals surface area contributed by atoms with Crippen LogP contribution in [-0.4, -0.2) is 24.8 Å². The minimum Gasteiger partial charge on any atom is -0.372 e. The SMILES string of the molecule is CCCNCCC1(OC2CCCC(C)C2)CCC1. The van der Waals surface area contributed by atoms with Gasteiger partial charge in [-0.25, -0.2) is 0 Å². The van der Waals surface area contributed by atoms with E-state index in [2.05, 4.69) is 19.2 Å². The fourth-order valence-corrected chi connectivity index (χ4v) is 3.45. The van der Waals surface area contributed by atoms with Crippen LogP contribution in [0.5, 0.6) is 0 Å². The number of rotatable bonds is 7. The molecule has 2 fully saturated rings. The summed E-state index contributed by atoms with van der Waals surface area (Å²) in [7, 11) is 0. The van der Waals surface area contributed by atoms with E-state index in [0.717, 1.165) is 19.0 Å². The van der Waals surface area contributed by atoms with E-state index >= 15 is 0 Å². The summed E-state index contributed by atoms with van der Waals surface area (Å²) < 4.78 is 6.53. The minimum absolute atomic E-state index is 0.252. The van der Waals surface area contributed by atoms with E-state index in [-0.39, 0.29) is 5.60 Å². The number of hydrogen-bond donors (Lipinski definition) is 1. The Morgan fingerprint density at radius 1 is 1.17 bits per heavy atom. The third-order valence-corrected chi connectivity index (χ3v) is 4.75. The molecule has 0 amide bonds. The molecule has 0 aromatic heterocycles. The summed E-state index contributed by atoms with van der Waals surface area (Å²) in [6.45, 7) is 6.89. The van der Waals surface area contributed by atoms with Crippen molar-refractivity contribution in [2.75, 3.05) is 13.1 Å². The van der Waals surface area contributed by atoms with Crippen molar-refractivity contribution < 1.29 is 4.74 Å². The van der Waals surface area contributed by atoms with Crippen molar-refractivity contribution in [1.29, 1.82) is 0 Å². The van der Waals surface area contributed by atoms with Gasteiger partial charge in [0.2, 0.25) is 0 Å². The van der Waals surface area contributed by atoms with Crippen molar-refractivity contribution in [2.24, 2.45) is 5.92 Å². The van der Waals surface area contributed by atoms with Crippen LogP contribution in [0, 0.1) is 5.92 Å². The molecule has 2 atom stereocenters. The Balaban J connectivity index is 1.73. The highest BCUT2D eigenvalue weighted by molar-refractivity contribution is 4.92. The quantitative estimate of drug-likeness (QED) is 0.695. The zero-order valence-corrected chi connectivity index (χ0v) is 12.3. The van der Waals surface area contributed by atoms with Crippen molar-refractivity contribution in [1.82, 2.24) is 5.32 Å². The first-order chi connectivity index (χ1) is 8.74. The summed E-state index contributed by atoms with van der Waals surface area (Å²) in [6.07, 6.45) is 12.3. The molecule has 0 bridgehead atoms. The Kier molecular flexibility index (Phi) is 5.50. The molecule has 2 nitrogen and oxygen atoms in total. The van der Waals surface area contributed by atoms with Crippen LogP contribution < -0.4 is 5.32 Å². The molecule has 2 rings (SSSR count). The summed E-state index contributed by atoms with van der Waals surface area (Å²) in [4.78, 5) is 0. The van der Waals surface area contributed by atoms with Crippen LogP contribution in [0.1, 0.15) is 71.6 Å². The van der Waals surface area contributed by atoms with Gasteiger partial charge in [0, 0.05) is 0 Å². The summed E-state index contributed by atoms with van der Waals surface area (Å²) in [6, 6.07) is 0. The van der Waals surface area contributed by atoms with Gasteiger partial charge in [-0.2, -0.15) is 0 Å². The fraction of sp³-hybridized carbons (Fsp3) is 1.00. The molecule has 0 saturated heterocycles. The molecular weight excluding hydrogens is 222 g/mol. The van der Waals surface area contributed by atoms with Crippen LogP contribution in [-0.2, 0) is 4.74 Å². The van der Waals surface area contributed by atoms with E-state index in [1.807, 2.05) is 0 Å². The molecule has 0 aliphatic heterocycles. The van der Waals surface area contributed by atoms with E-state index in [0.29, 0.717) is 6.10 Å². The van der Waals surface area contributed by atoms with Gasteiger partial charge in [-0.15, -0.1) is 0 Å². The Morgan fingerprint density at radius 3 is 2.61 bits per heavy atom. The van der Waals surface area contributed by atoms with E-state index in [4.69, 9.17) is 4.74 Å². The molecule has 0 aromatic carbocycles. The second-order valence-corrected chi connectivity index (χ2v) is 6.55. The highest BCUT2D eigenvalue weighted by Crippen LogP contribution is 2.41. The van der Waals surface area contributed by atoms with Crippen LogP contribution in [0.2, 0.25) is 0 Å². The van der Waals surface area contributed by atoms with Crippen molar-refractivity contribution >= 4 is 0 Å². The van der Waals surface area contributed by atoms with Crippen molar-refractivity contribution in [3.8, 4) is 0 Å². The Labute approximate surface area is 113 Å². The van der Waals surface area contributed by atoms with Gasteiger partial charge >= 0.3 is 0 Å². The topological polar surface area (TPSA) is 21.3 Å². The van der Waals surface area contributed by atoms with Gasteiger partial charge in [0.05, 0.1) is 11.7 Å². The highest BCUT2D eigenvalue weighted by atomic mass is 16.5. The number of ether oxygens (including phenoxy) is 1. The third kappa shape index (κ3) is 3.96. The molecule has 2 saturated carbocycles. The van der Waals surface area contributed by atoms with Gasteiger partial charge in [-0.1, -0.05) is 26.7 Å². The van der Waals surface area contributed by atoms with Gasteiger partial charge in [-0.3, -0.25) is 0 Å². The lowest BCUT2D eigenvalue weighted by Crippen LogP contribution is -2.46. The average Bonchev–Trinajstić information content (AvgIpc) is 2.31. The van der Waals surface area contributed by atoms with E-state index in [1.165, 1.54) is 57.8 Å². The Bertz CT molecular complexity index is 237. The van der Waals surface area contributed by atoms with Crippen LogP contribution in [0.4, 0.5) is 0 Å². The summed E-state index contributed by atoms with van der Waals surface area (Å²) in [5.41, 5.74) is 0.252. The molecule has 1 N–H and O–H groups in total. The average molecular weight is 253 g/mol. The molecule has 0 heterocycles. The van der Waals surface area contributed by atoms with Crippen LogP contribution in [0.3, 0.4) is 0 Å². The second-order valence-electron chi connectivity index (χ2n) is 6.55. The number of nitrogens with one attached hydrogen (secondary N) is 1. The molecule has 2 unspecified atom stereocenters. The second kappa shape index (κ2) is 6.91. The van der Waals surface area contributed by atoms with E-state index in [1.54, 1.807) is 0 Å². The zero-order chi connectivity index (χ0) is 12.8. The van der Waals surface area contributed by atoms with E-state index < -0.39 is 0 Å². The van der Waals surface area contributed by atoms with Gasteiger partial charge in [-0.05, 0) is 64.0 Å². The third-order valence-electron chi connectivity index (χ3n) is 4.75. The molecule has 18 heavy (non-hydrogen) atoms. The minimum atomic E-state index is 0.252. The lowest BCUT2D eigenvalue weighted by atomic mass is 9.76. The van der Waals surface area contributed by atoms with Crippen molar-refractivity contribution in [3.63, 3.8) is 0 Å². The summed E-state index contributed by atoms with van der Waals surface area (Å²) in [5.74, 6) is 0.874. The molecule has 2 aliphatic rings. The molecule has 0 aromatic rings. The largest absolute Gasteiger partial charge is 0.372 e. The lowest BCUT2D eigenvalue weighted by molar-refractivity contribution is -0.154. The first kappa shape index (κ1) is 14.3. The predicted molar refractivity (Wildman–Crippen MR) is 76.9 cm³/mol. The standard InChI is InChI=1S/C16H31NO/c1-3-11-17-12-10-16(8-5-9-16)18-15-7-4-6-14(2)13-15/h14-15,17H,3-13H2,1-2H3. The molecular formula is C16H31NO. The lowest BCUT2D eigenvalue weighted by Gasteiger charge is -2.45. The molecule has 0 spiro atoms. The molecule has 0 radical (unpaired) electrons. The van der Waals surface area contributed by atoms with Gasteiger partial charge in [0.15, 0.2) is 0 Å². The summed E-state index contributed by atoms with van der Waals surface area (Å²) >= 11 is 0. The smallest absolute Gasteiger partial charge is 0.0698 e. The van der Waals surface area contributed by atoms with Gasteiger partial charge in [0.25, 0.3) is 0 Å². The molecule has 106 valence electrons. The van der Waals surface area contributed by atoms with Crippen LogP contribution in [0.15, 0.2) is 0 Å². The van der Waals surface area contributed by atoms with Crippen LogP contribution >= 0.6 is 0 Å². The zero-order valence-electron chi connectivity index (χ0n) is 12.3. The van der Waals surface area contributed by atoms with Gasteiger partial charge in [0.1, 0.15) is 0 Å². The van der Waals surface area contributed by atoms with Crippen molar-refractivity contribution in [2.45, 2.75) is 83.3 Å².